The lowest BCUT2D eigenvalue weighted by molar-refractivity contribution is 0.0598. The molecule has 1 aromatic carbocycles. The molecule has 1 aliphatic heterocycles. The van der Waals surface area contributed by atoms with Gasteiger partial charge in [0.05, 0.1) is 18.2 Å². The molecular weight excluding hydrogens is 396 g/mol. The van der Waals surface area contributed by atoms with Crippen LogP contribution in [0.15, 0.2) is 28.7 Å². The molecule has 8 nitrogen and oxygen atoms in total. The van der Waals surface area contributed by atoms with Gasteiger partial charge in [0, 0.05) is 36.2 Å². The first-order valence-electron chi connectivity index (χ1n) is 10.0. The smallest absolute Gasteiger partial charge is 0.342 e. The first-order chi connectivity index (χ1) is 15.0. The van der Waals surface area contributed by atoms with Crippen LogP contribution in [0.5, 0.6) is 0 Å². The van der Waals surface area contributed by atoms with Gasteiger partial charge in [0.1, 0.15) is 23.0 Å². The van der Waals surface area contributed by atoms with Crippen molar-refractivity contribution in [1.29, 1.82) is 5.26 Å². The molecule has 0 bridgehead atoms. The number of hydrogen-bond donors (Lipinski definition) is 1. The summed E-state index contributed by atoms with van der Waals surface area (Å²) in [6.45, 7) is 5.99. The number of ether oxygens (including phenoxy) is 1. The fourth-order valence-corrected chi connectivity index (χ4v) is 4.03. The number of fused-ring (bicyclic) bond motifs is 2. The van der Waals surface area contributed by atoms with Gasteiger partial charge >= 0.3 is 5.97 Å². The molecule has 1 N–H and O–H groups in total. The Hall–Kier alpha value is -3.70. The fourth-order valence-electron chi connectivity index (χ4n) is 4.03. The number of methoxy groups -OCH3 is 1. The van der Waals surface area contributed by atoms with E-state index in [4.69, 9.17) is 14.1 Å². The Morgan fingerprint density at radius 3 is 2.81 bits per heavy atom. The normalized spacial score (nSPS) is 13.5. The van der Waals surface area contributed by atoms with Crippen molar-refractivity contribution in [1.82, 2.24) is 9.88 Å². The number of nitrogens with zero attached hydrogens (tertiary/aromatic N) is 3. The number of furan rings is 1. The SMILES string of the molecule is CCN1CCc2nc3ccccc3c(C(=O)Nc3oc(C)c(C(=O)OC)c3C#N)c2C1. The van der Waals surface area contributed by atoms with Crippen LogP contribution in [0, 0.1) is 18.3 Å². The highest BCUT2D eigenvalue weighted by Gasteiger charge is 2.29. The fraction of sp³-hybridized carbons (Fsp3) is 0.304. The number of carbonyl (C=O) groups excluding carboxylic acids is 2. The van der Waals surface area contributed by atoms with Crippen LogP contribution >= 0.6 is 0 Å². The Bertz CT molecular complexity index is 1240. The van der Waals surface area contributed by atoms with Gasteiger partial charge < -0.3 is 9.15 Å². The molecule has 0 saturated heterocycles. The maximum absolute atomic E-state index is 13.5. The van der Waals surface area contributed by atoms with Gasteiger partial charge in [0.15, 0.2) is 0 Å². The monoisotopic (exact) mass is 418 g/mol. The van der Waals surface area contributed by atoms with Gasteiger partial charge in [-0.15, -0.1) is 0 Å². The van der Waals surface area contributed by atoms with E-state index in [9.17, 15) is 14.9 Å². The second-order valence-electron chi connectivity index (χ2n) is 7.34. The molecule has 0 fully saturated rings. The van der Waals surface area contributed by atoms with Gasteiger partial charge in [-0.25, -0.2) is 4.79 Å². The Kier molecular flexibility index (Phi) is 5.44. The number of rotatable bonds is 4. The molecule has 0 saturated carbocycles. The van der Waals surface area contributed by atoms with Crippen molar-refractivity contribution in [3.63, 3.8) is 0 Å². The number of aromatic nitrogens is 1. The van der Waals surface area contributed by atoms with E-state index in [1.165, 1.54) is 7.11 Å². The molecule has 8 heteroatoms. The number of para-hydroxylation sites is 1. The van der Waals surface area contributed by atoms with E-state index in [0.717, 1.165) is 41.7 Å². The largest absolute Gasteiger partial charge is 0.465 e. The predicted octanol–water partition coefficient (Wildman–Crippen LogP) is 3.42. The Morgan fingerprint density at radius 2 is 2.10 bits per heavy atom. The summed E-state index contributed by atoms with van der Waals surface area (Å²) in [5.41, 5.74) is 2.98. The zero-order valence-electron chi connectivity index (χ0n) is 17.6. The van der Waals surface area contributed by atoms with Crippen LogP contribution < -0.4 is 5.32 Å². The highest BCUT2D eigenvalue weighted by molar-refractivity contribution is 6.14. The van der Waals surface area contributed by atoms with Crippen molar-refractivity contribution in [2.45, 2.75) is 26.8 Å². The van der Waals surface area contributed by atoms with Gasteiger partial charge in [-0.3, -0.25) is 20.0 Å². The lowest BCUT2D eigenvalue weighted by Gasteiger charge is -2.29. The predicted molar refractivity (Wildman–Crippen MR) is 114 cm³/mol. The highest BCUT2D eigenvalue weighted by atomic mass is 16.5. The summed E-state index contributed by atoms with van der Waals surface area (Å²) in [5, 5.41) is 13.0. The summed E-state index contributed by atoms with van der Waals surface area (Å²) in [6, 6.07) is 9.43. The molecule has 31 heavy (non-hydrogen) atoms. The molecule has 158 valence electrons. The van der Waals surface area contributed by atoms with E-state index in [1.807, 2.05) is 30.3 Å². The number of nitriles is 1. The number of likely N-dealkylation sites (N-methyl/N-ethyl adjacent to an activating group) is 1. The number of hydrogen-bond acceptors (Lipinski definition) is 7. The van der Waals surface area contributed by atoms with Crippen LogP contribution in [0.3, 0.4) is 0 Å². The van der Waals surface area contributed by atoms with Crippen molar-refractivity contribution in [3.8, 4) is 6.07 Å². The van der Waals surface area contributed by atoms with Crippen molar-refractivity contribution in [2.24, 2.45) is 0 Å². The van der Waals surface area contributed by atoms with E-state index in [-0.39, 0.29) is 22.8 Å². The summed E-state index contributed by atoms with van der Waals surface area (Å²) in [7, 11) is 1.23. The number of nitrogens with one attached hydrogen (secondary N) is 1. The lowest BCUT2D eigenvalue weighted by Crippen LogP contribution is -2.33. The summed E-state index contributed by atoms with van der Waals surface area (Å²) < 4.78 is 10.3. The molecule has 3 aromatic rings. The Morgan fingerprint density at radius 1 is 1.32 bits per heavy atom. The average Bonchev–Trinajstić information content (AvgIpc) is 3.10. The van der Waals surface area contributed by atoms with E-state index >= 15 is 0 Å². The van der Waals surface area contributed by atoms with Gasteiger partial charge in [-0.2, -0.15) is 5.26 Å². The molecule has 0 spiro atoms. The zero-order valence-corrected chi connectivity index (χ0v) is 17.6. The topological polar surface area (TPSA) is 108 Å². The minimum Gasteiger partial charge on any atom is -0.465 e. The van der Waals surface area contributed by atoms with E-state index in [0.29, 0.717) is 12.1 Å². The third kappa shape index (κ3) is 3.53. The second-order valence-corrected chi connectivity index (χ2v) is 7.34. The number of benzene rings is 1. The summed E-state index contributed by atoms with van der Waals surface area (Å²) in [5.74, 6) is -0.959. The van der Waals surface area contributed by atoms with Crippen molar-refractivity contribution >= 4 is 28.7 Å². The minimum atomic E-state index is -0.691. The minimum absolute atomic E-state index is 0.0130. The molecule has 0 unspecified atom stereocenters. The molecule has 0 atom stereocenters. The van der Waals surface area contributed by atoms with Crippen LogP contribution in [0.4, 0.5) is 5.88 Å². The molecule has 3 heterocycles. The molecular formula is C23H22N4O4. The summed E-state index contributed by atoms with van der Waals surface area (Å²) >= 11 is 0. The molecule has 0 radical (unpaired) electrons. The first kappa shape index (κ1) is 20.6. The van der Waals surface area contributed by atoms with Crippen LogP contribution in [0.25, 0.3) is 10.9 Å². The zero-order chi connectivity index (χ0) is 22.1. The first-order valence-corrected chi connectivity index (χ1v) is 10.0. The van der Waals surface area contributed by atoms with Gasteiger partial charge in [0.25, 0.3) is 5.91 Å². The second kappa shape index (κ2) is 8.20. The molecule has 1 aliphatic rings. The lowest BCUT2D eigenvalue weighted by atomic mass is 9.95. The van der Waals surface area contributed by atoms with Crippen LogP contribution in [-0.2, 0) is 17.7 Å². The van der Waals surface area contributed by atoms with Gasteiger partial charge in [-0.05, 0) is 19.5 Å². The quantitative estimate of drug-likeness (QED) is 0.647. The number of anilines is 1. The van der Waals surface area contributed by atoms with Gasteiger partial charge in [-0.1, -0.05) is 25.1 Å². The average molecular weight is 418 g/mol. The summed E-state index contributed by atoms with van der Waals surface area (Å²) in [6.07, 6.45) is 0.754. The van der Waals surface area contributed by atoms with Crippen LogP contribution in [0.1, 0.15) is 50.2 Å². The third-order valence-corrected chi connectivity index (χ3v) is 5.61. The Labute approximate surface area is 179 Å². The van der Waals surface area contributed by atoms with Gasteiger partial charge in [0.2, 0.25) is 5.88 Å². The number of carbonyl (C=O) groups is 2. The maximum Gasteiger partial charge on any atom is 0.342 e. The van der Waals surface area contributed by atoms with E-state index < -0.39 is 11.9 Å². The molecule has 2 aromatic heterocycles. The number of esters is 1. The highest BCUT2D eigenvalue weighted by Crippen LogP contribution is 2.31. The molecule has 1 amide bonds. The van der Waals surface area contributed by atoms with Crippen LogP contribution in [-0.4, -0.2) is 42.0 Å². The van der Waals surface area contributed by atoms with Crippen molar-refractivity contribution in [2.75, 3.05) is 25.5 Å². The number of amides is 1. The van der Waals surface area contributed by atoms with Crippen LogP contribution in [0.2, 0.25) is 0 Å². The standard InChI is InChI=1S/C23H22N4O4/c1-4-27-10-9-18-16(12-27)20(14-7-5-6-8-17(14)25-18)21(28)26-22-15(11-24)19(13(2)31-22)23(29)30-3/h5-8H,4,9-10,12H2,1-3H3,(H,26,28). The molecule has 0 aliphatic carbocycles. The Balaban J connectivity index is 1.82. The third-order valence-electron chi connectivity index (χ3n) is 5.61. The van der Waals surface area contributed by atoms with Crippen molar-refractivity contribution in [3.05, 3.63) is 58.0 Å². The van der Waals surface area contributed by atoms with E-state index in [2.05, 4.69) is 17.1 Å². The molecule has 4 rings (SSSR count). The van der Waals surface area contributed by atoms with E-state index in [1.54, 1.807) is 6.92 Å². The number of pyridine rings is 1. The maximum atomic E-state index is 13.5. The number of aryl methyl sites for hydroxylation is 1. The van der Waals surface area contributed by atoms with Crippen molar-refractivity contribution < 1.29 is 18.7 Å². The summed E-state index contributed by atoms with van der Waals surface area (Å²) in [4.78, 5) is 32.6.